The number of nitrogens with zero attached hydrogens (tertiary/aromatic N) is 4. The monoisotopic (exact) mass is 293 g/mol. The van der Waals surface area contributed by atoms with Gasteiger partial charge in [0.15, 0.2) is 5.82 Å². The molecule has 0 bridgehead atoms. The minimum Gasteiger partial charge on any atom is -0.340 e. The summed E-state index contributed by atoms with van der Waals surface area (Å²) in [7, 11) is 0. The molecular weight excluding hydrogens is 274 g/mol. The quantitative estimate of drug-likeness (QED) is 0.801. The number of aryl methyl sites for hydroxylation is 4. The second kappa shape index (κ2) is 5.60. The van der Waals surface area contributed by atoms with E-state index in [1.54, 1.807) is 0 Å². The molecule has 5 nitrogen and oxygen atoms in total. The van der Waals surface area contributed by atoms with Gasteiger partial charge in [-0.05, 0) is 45.9 Å². The number of nitrogens with one attached hydrogen (secondary N) is 1. The van der Waals surface area contributed by atoms with Crippen molar-refractivity contribution in [3.05, 3.63) is 59.2 Å². The van der Waals surface area contributed by atoms with Gasteiger partial charge in [0.25, 0.3) is 0 Å². The molecule has 0 saturated carbocycles. The molecule has 0 amide bonds. The fourth-order valence-corrected chi connectivity index (χ4v) is 2.37. The highest BCUT2D eigenvalue weighted by atomic mass is 15.3. The van der Waals surface area contributed by atoms with E-state index in [9.17, 15) is 0 Å². The highest BCUT2D eigenvalue weighted by Crippen LogP contribution is 2.18. The molecule has 3 rings (SSSR count). The highest BCUT2D eigenvalue weighted by Gasteiger charge is 2.08. The first kappa shape index (κ1) is 14.3. The lowest BCUT2D eigenvalue weighted by Gasteiger charge is -2.10. The van der Waals surface area contributed by atoms with Gasteiger partial charge >= 0.3 is 0 Å². The fraction of sp³-hybridized carbons (Fsp3) is 0.235. The average Bonchev–Trinajstić information content (AvgIpc) is 2.80. The average molecular weight is 293 g/mol. The molecule has 0 spiro atoms. The maximum atomic E-state index is 4.48. The Morgan fingerprint density at radius 3 is 2.27 bits per heavy atom. The standard InChI is InChI=1S/C17H19N5/c1-11-5-7-15(8-6-11)20-16-10-17(19-14(4)18-16)22-13(3)9-12(2)21-22/h5-10H,1-4H3,(H,18,19,20). The third-order valence-corrected chi connectivity index (χ3v) is 3.38. The van der Waals surface area contributed by atoms with Crippen molar-refractivity contribution < 1.29 is 0 Å². The minimum atomic E-state index is 0.708. The van der Waals surface area contributed by atoms with E-state index in [4.69, 9.17) is 0 Å². The Labute approximate surface area is 130 Å². The van der Waals surface area contributed by atoms with E-state index in [2.05, 4.69) is 39.4 Å². The molecule has 2 aromatic heterocycles. The lowest BCUT2D eigenvalue weighted by molar-refractivity contribution is 0.794. The van der Waals surface area contributed by atoms with Crippen LogP contribution >= 0.6 is 0 Å². The zero-order valence-corrected chi connectivity index (χ0v) is 13.3. The predicted molar refractivity (Wildman–Crippen MR) is 87.8 cm³/mol. The Morgan fingerprint density at radius 2 is 1.64 bits per heavy atom. The molecular formula is C17H19N5. The molecule has 1 aromatic carbocycles. The van der Waals surface area contributed by atoms with Crippen LogP contribution in [0.3, 0.4) is 0 Å². The Balaban J connectivity index is 1.96. The molecule has 22 heavy (non-hydrogen) atoms. The lowest BCUT2D eigenvalue weighted by Crippen LogP contribution is -2.06. The first-order valence-electron chi connectivity index (χ1n) is 7.24. The maximum Gasteiger partial charge on any atom is 0.159 e. The van der Waals surface area contributed by atoms with Crippen LogP contribution in [0.25, 0.3) is 5.82 Å². The van der Waals surface area contributed by atoms with Gasteiger partial charge in [0.1, 0.15) is 11.6 Å². The van der Waals surface area contributed by atoms with Crippen LogP contribution in [-0.2, 0) is 0 Å². The van der Waals surface area contributed by atoms with E-state index in [0.29, 0.717) is 5.82 Å². The van der Waals surface area contributed by atoms with Crippen LogP contribution in [0.15, 0.2) is 36.4 Å². The number of rotatable bonds is 3. The second-order valence-corrected chi connectivity index (χ2v) is 5.49. The van der Waals surface area contributed by atoms with Crippen LogP contribution in [-0.4, -0.2) is 19.7 Å². The molecule has 0 unspecified atom stereocenters. The Bertz CT molecular complexity index is 802. The van der Waals surface area contributed by atoms with Crippen molar-refractivity contribution in [3.8, 4) is 5.82 Å². The van der Waals surface area contributed by atoms with Crippen LogP contribution in [0.5, 0.6) is 0 Å². The number of benzene rings is 1. The van der Waals surface area contributed by atoms with E-state index in [1.807, 2.05) is 49.7 Å². The van der Waals surface area contributed by atoms with Gasteiger partial charge in [0.2, 0.25) is 0 Å². The molecule has 112 valence electrons. The minimum absolute atomic E-state index is 0.708. The van der Waals surface area contributed by atoms with Gasteiger partial charge in [0.05, 0.1) is 5.69 Å². The van der Waals surface area contributed by atoms with Crippen LogP contribution in [0.1, 0.15) is 22.8 Å². The summed E-state index contributed by atoms with van der Waals surface area (Å²) in [4.78, 5) is 8.93. The summed E-state index contributed by atoms with van der Waals surface area (Å²) >= 11 is 0. The Kier molecular flexibility index (Phi) is 3.63. The maximum absolute atomic E-state index is 4.48. The van der Waals surface area contributed by atoms with Crippen molar-refractivity contribution in [3.63, 3.8) is 0 Å². The first-order chi connectivity index (χ1) is 10.5. The largest absolute Gasteiger partial charge is 0.340 e. The van der Waals surface area contributed by atoms with Crippen molar-refractivity contribution in [1.82, 2.24) is 19.7 Å². The zero-order valence-electron chi connectivity index (χ0n) is 13.3. The van der Waals surface area contributed by atoms with Gasteiger partial charge in [-0.2, -0.15) is 5.10 Å². The summed E-state index contributed by atoms with van der Waals surface area (Å²) in [6, 6.07) is 12.2. The molecule has 5 heteroatoms. The number of aromatic nitrogens is 4. The lowest BCUT2D eigenvalue weighted by atomic mass is 10.2. The molecule has 0 saturated heterocycles. The summed E-state index contributed by atoms with van der Waals surface area (Å²) in [5.74, 6) is 2.24. The second-order valence-electron chi connectivity index (χ2n) is 5.49. The normalized spacial score (nSPS) is 10.7. The number of hydrogen-bond acceptors (Lipinski definition) is 4. The molecule has 0 aliphatic heterocycles. The summed E-state index contributed by atoms with van der Waals surface area (Å²) < 4.78 is 1.84. The zero-order chi connectivity index (χ0) is 15.7. The Morgan fingerprint density at radius 1 is 0.909 bits per heavy atom. The van der Waals surface area contributed by atoms with E-state index in [1.165, 1.54) is 5.56 Å². The van der Waals surface area contributed by atoms with E-state index >= 15 is 0 Å². The summed E-state index contributed by atoms with van der Waals surface area (Å²) in [5.41, 5.74) is 4.26. The van der Waals surface area contributed by atoms with Crippen molar-refractivity contribution in [1.29, 1.82) is 0 Å². The van der Waals surface area contributed by atoms with Gasteiger partial charge in [0, 0.05) is 17.4 Å². The number of hydrogen-bond donors (Lipinski definition) is 1. The first-order valence-corrected chi connectivity index (χ1v) is 7.24. The molecule has 0 atom stereocenters. The van der Waals surface area contributed by atoms with E-state index in [-0.39, 0.29) is 0 Å². The SMILES string of the molecule is Cc1ccc(Nc2cc(-n3nc(C)cc3C)nc(C)n2)cc1. The third-order valence-electron chi connectivity index (χ3n) is 3.38. The van der Waals surface area contributed by atoms with Crippen LogP contribution in [0, 0.1) is 27.7 Å². The van der Waals surface area contributed by atoms with E-state index in [0.717, 1.165) is 28.7 Å². The van der Waals surface area contributed by atoms with Crippen LogP contribution in [0.4, 0.5) is 11.5 Å². The molecule has 0 aliphatic carbocycles. The topological polar surface area (TPSA) is 55.6 Å². The van der Waals surface area contributed by atoms with Crippen molar-refractivity contribution in [2.45, 2.75) is 27.7 Å². The molecule has 0 fully saturated rings. The summed E-state index contributed by atoms with van der Waals surface area (Å²) in [6.45, 7) is 7.95. The van der Waals surface area contributed by atoms with Crippen molar-refractivity contribution >= 4 is 11.5 Å². The van der Waals surface area contributed by atoms with Gasteiger partial charge in [-0.1, -0.05) is 17.7 Å². The van der Waals surface area contributed by atoms with Gasteiger partial charge in [-0.15, -0.1) is 0 Å². The third kappa shape index (κ3) is 2.98. The van der Waals surface area contributed by atoms with Crippen LogP contribution in [0.2, 0.25) is 0 Å². The van der Waals surface area contributed by atoms with E-state index < -0.39 is 0 Å². The number of anilines is 2. The molecule has 0 aliphatic rings. The van der Waals surface area contributed by atoms with Gasteiger partial charge < -0.3 is 5.32 Å². The Hall–Kier alpha value is -2.69. The molecule has 1 N–H and O–H groups in total. The molecule has 0 radical (unpaired) electrons. The molecule has 3 aromatic rings. The predicted octanol–water partition coefficient (Wildman–Crippen LogP) is 3.64. The van der Waals surface area contributed by atoms with Crippen molar-refractivity contribution in [2.24, 2.45) is 0 Å². The van der Waals surface area contributed by atoms with Crippen LogP contribution < -0.4 is 5.32 Å². The highest BCUT2D eigenvalue weighted by molar-refractivity contribution is 5.57. The summed E-state index contributed by atoms with van der Waals surface area (Å²) in [5, 5.41) is 7.80. The van der Waals surface area contributed by atoms with Gasteiger partial charge in [-0.25, -0.2) is 14.6 Å². The molecule has 2 heterocycles. The van der Waals surface area contributed by atoms with Gasteiger partial charge in [-0.3, -0.25) is 0 Å². The fourth-order valence-electron chi connectivity index (χ4n) is 2.37. The smallest absolute Gasteiger partial charge is 0.159 e. The van der Waals surface area contributed by atoms with Crippen molar-refractivity contribution in [2.75, 3.05) is 5.32 Å². The summed E-state index contributed by atoms with van der Waals surface area (Å²) in [6.07, 6.45) is 0.